The standard InChI is InChI=1S/C16H26N2O3/c1-5-14(21-15-9-7-6-8-12(15)2)10-17-16(20)18(4)11-13(3)19/h6-9,13-14,19H,5,10-11H2,1-4H3,(H,17,20). The number of carbonyl (C=O) groups excluding carboxylic acids is 1. The van der Waals surface area contributed by atoms with E-state index in [0.717, 1.165) is 17.7 Å². The largest absolute Gasteiger partial charge is 0.488 e. The number of hydrogen-bond acceptors (Lipinski definition) is 3. The van der Waals surface area contributed by atoms with Gasteiger partial charge in [0.25, 0.3) is 0 Å². The lowest BCUT2D eigenvalue weighted by atomic mass is 10.2. The van der Waals surface area contributed by atoms with Crippen LogP contribution in [0.1, 0.15) is 25.8 Å². The Bertz CT molecular complexity index is 449. The highest BCUT2D eigenvalue weighted by molar-refractivity contribution is 5.73. The minimum absolute atomic E-state index is 0.0741. The van der Waals surface area contributed by atoms with Gasteiger partial charge in [0.2, 0.25) is 0 Å². The van der Waals surface area contributed by atoms with Crippen LogP contribution in [0.15, 0.2) is 24.3 Å². The first kappa shape index (κ1) is 17.3. The zero-order valence-corrected chi connectivity index (χ0v) is 13.3. The van der Waals surface area contributed by atoms with Gasteiger partial charge in [-0.05, 0) is 31.9 Å². The Kier molecular flexibility index (Phi) is 7.02. The van der Waals surface area contributed by atoms with Gasteiger partial charge in [0, 0.05) is 13.6 Å². The van der Waals surface area contributed by atoms with Gasteiger partial charge in [0.15, 0.2) is 0 Å². The predicted octanol–water partition coefficient (Wildman–Crippen LogP) is 2.17. The van der Waals surface area contributed by atoms with Gasteiger partial charge in [0.05, 0.1) is 12.6 Å². The summed E-state index contributed by atoms with van der Waals surface area (Å²) in [7, 11) is 1.66. The lowest BCUT2D eigenvalue weighted by Gasteiger charge is -2.23. The maximum Gasteiger partial charge on any atom is 0.317 e. The Balaban J connectivity index is 2.48. The van der Waals surface area contributed by atoms with Crippen molar-refractivity contribution in [1.29, 1.82) is 0 Å². The molecule has 5 nitrogen and oxygen atoms in total. The van der Waals surface area contributed by atoms with Crippen LogP contribution in [0.4, 0.5) is 4.79 Å². The molecule has 0 aliphatic heterocycles. The van der Waals surface area contributed by atoms with Crippen molar-refractivity contribution in [3.05, 3.63) is 29.8 Å². The quantitative estimate of drug-likeness (QED) is 0.810. The van der Waals surface area contributed by atoms with Crippen LogP contribution in [-0.4, -0.2) is 48.4 Å². The predicted molar refractivity (Wildman–Crippen MR) is 83.6 cm³/mol. The van der Waals surface area contributed by atoms with E-state index in [1.807, 2.05) is 38.1 Å². The third-order valence-corrected chi connectivity index (χ3v) is 3.21. The lowest BCUT2D eigenvalue weighted by Crippen LogP contribution is -2.44. The fourth-order valence-corrected chi connectivity index (χ4v) is 1.95. The number of urea groups is 1. The highest BCUT2D eigenvalue weighted by atomic mass is 16.5. The van der Waals surface area contributed by atoms with E-state index < -0.39 is 6.10 Å². The first-order valence-electron chi connectivity index (χ1n) is 7.33. The Hall–Kier alpha value is -1.75. The fourth-order valence-electron chi connectivity index (χ4n) is 1.95. The maximum absolute atomic E-state index is 11.9. The average Bonchev–Trinajstić information content (AvgIpc) is 2.44. The topological polar surface area (TPSA) is 61.8 Å². The molecule has 2 amide bonds. The van der Waals surface area contributed by atoms with Gasteiger partial charge in [-0.25, -0.2) is 4.79 Å². The average molecular weight is 294 g/mol. The van der Waals surface area contributed by atoms with E-state index in [1.165, 1.54) is 4.90 Å². The first-order chi connectivity index (χ1) is 9.93. The minimum Gasteiger partial charge on any atom is -0.488 e. The van der Waals surface area contributed by atoms with Crippen molar-refractivity contribution in [2.45, 2.75) is 39.4 Å². The van der Waals surface area contributed by atoms with Crippen LogP contribution in [0.25, 0.3) is 0 Å². The molecule has 0 saturated carbocycles. The molecular weight excluding hydrogens is 268 g/mol. The molecule has 0 saturated heterocycles. The van der Waals surface area contributed by atoms with E-state index in [2.05, 4.69) is 5.32 Å². The molecule has 118 valence electrons. The SMILES string of the molecule is CCC(CNC(=O)N(C)CC(C)O)Oc1ccccc1C. The lowest BCUT2D eigenvalue weighted by molar-refractivity contribution is 0.139. The minimum atomic E-state index is -0.536. The molecule has 0 radical (unpaired) electrons. The van der Waals surface area contributed by atoms with Crippen molar-refractivity contribution in [1.82, 2.24) is 10.2 Å². The molecule has 1 aromatic carbocycles. The van der Waals surface area contributed by atoms with Crippen LogP contribution in [0.3, 0.4) is 0 Å². The molecular formula is C16H26N2O3. The van der Waals surface area contributed by atoms with E-state index in [1.54, 1.807) is 14.0 Å². The molecule has 1 rings (SSSR count). The van der Waals surface area contributed by atoms with E-state index >= 15 is 0 Å². The summed E-state index contributed by atoms with van der Waals surface area (Å²) < 4.78 is 5.92. The molecule has 1 aromatic rings. The van der Waals surface area contributed by atoms with Crippen LogP contribution >= 0.6 is 0 Å². The molecule has 2 unspecified atom stereocenters. The van der Waals surface area contributed by atoms with Crippen LogP contribution in [-0.2, 0) is 0 Å². The van der Waals surface area contributed by atoms with Crippen molar-refractivity contribution in [2.75, 3.05) is 20.1 Å². The fraction of sp³-hybridized carbons (Fsp3) is 0.562. The zero-order valence-electron chi connectivity index (χ0n) is 13.3. The molecule has 2 N–H and O–H groups in total. The summed E-state index contributed by atoms with van der Waals surface area (Å²) in [5.74, 6) is 0.843. The Morgan fingerprint density at radius 2 is 2.10 bits per heavy atom. The molecule has 0 aliphatic carbocycles. The van der Waals surface area contributed by atoms with E-state index in [0.29, 0.717) is 13.1 Å². The third-order valence-electron chi connectivity index (χ3n) is 3.21. The Morgan fingerprint density at radius 3 is 2.67 bits per heavy atom. The first-order valence-corrected chi connectivity index (χ1v) is 7.33. The van der Waals surface area contributed by atoms with Crippen LogP contribution in [0.5, 0.6) is 5.75 Å². The Morgan fingerprint density at radius 1 is 1.43 bits per heavy atom. The number of nitrogens with one attached hydrogen (secondary N) is 1. The van der Waals surface area contributed by atoms with Crippen LogP contribution in [0, 0.1) is 6.92 Å². The van der Waals surface area contributed by atoms with Crippen molar-refractivity contribution in [2.24, 2.45) is 0 Å². The summed E-state index contributed by atoms with van der Waals surface area (Å²) in [5.41, 5.74) is 1.08. The summed E-state index contributed by atoms with van der Waals surface area (Å²) in [6.07, 6.45) is 0.190. The zero-order chi connectivity index (χ0) is 15.8. The Labute approximate surface area is 126 Å². The molecule has 0 spiro atoms. The normalized spacial score (nSPS) is 13.4. The summed E-state index contributed by atoms with van der Waals surface area (Å²) in [5, 5.41) is 12.1. The van der Waals surface area contributed by atoms with Gasteiger partial charge >= 0.3 is 6.03 Å². The molecule has 21 heavy (non-hydrogen) atoms. The van der Waals surface area contributed by atoms with Crippen LogP contribution < -0.4 is 10.1 Å². The molecule has 0 aliphatic rings. The molecule has 5 heteroatoms. The highest BCUT2D eigenvalue weighted by Crippen LogP contribution is 2.18. The second-order valence-electron chi connectivity index (χ2n) is 5.33. The number of carbonyl (C=O) groups is 1. The number of ether oxygens (including phenoxy) is 1. The number of para-hydroxylation sites is 1. The number of rotatable bonds is 7. The summed E-state index contributed by atoms with van der Waals surface area (Å²) in [6.45, 7) is 6.42. The van der Waals surface area contributed by atoms with Crippen molar-refractivity contribution in [3.8, 4) is 5.75 Å². The summed E-state index contributed by atoms with van der Waals surface area (Å²) in [6, 6.07) is 7.62. The van der Waals surface area contributed by atoms with Gasteiger partial charge in [-0.2, -0.15) is 0 Å². The van der Waals surface area contributed by atoms with Crippen LogP contribution in [0.2, 0.25) is 0 Å². The highest BCUT2D eigenvalue weighted by Gasteiger charge is 2.14. The number of benzene rings is 1. The molecule has 0 fully saturated rings. The van der Waals surface area contributed by atoms with Crippen molar-refractivity contribution in [3.63, 3.8) is 0 Å². The monoisotopic (exact) mass is 294 g/mol. The van der Waals surface area contributed by atoms with Gasteiger partial charge < -0.3 is 20.1 Å². The molecule has 0 bridgehead atoms. The van der Waals surface area contributed by atoms with Gasteiger partial charge in [-0.1, -0.05) is 25.1 Å². The van der Waals surface area contributed by atoms with Gasteiger partial charge in [0.1, 0.15) is 11.9 Å². The van der Waals surface area contributed by atoms with E-state index in [9.17, 15) is 9.90 Å². The van der Waals surface area contributed by atoms with Gasteiger partial charge in [-0.3, -0.25) is 0 Å². The number of aliphatic hydroxyl groups is 1. The third kappa shape index (κ3) is 6.04. The number of hydrogen-bond donors (Lipinski definition) is 2. The number of aliphatic hydroxyl groups excluding tert-OH is 1. The van der Waals surface area contributed by atoms with E-state index in [4.69, 9.17) is 4.74 Å². The second-order valence-corrected chi connectivity index (χ2v) is 5.33. The summed E-state index contributed by atoms with van der Waals surface area (Å²) >= 11 is 0. The second kappa shape index (κ2) is 8.52. The smallest absolute Gasteiger partial charge is 0.317 e. The molecule has 0 heterocycles. The number of likely N-dealkylation sites (N-methyl/N-ethyl adjacent to an activating group) is 1. The van der Waals surface area contributed by atoms with Crippen molar-refractivity contribution >= 4 is 6.03 Å². The number of nitrogens with zero attached hydrogens (tertiary/aromatic N) is 1. The van der Waals surface area contributed by atoms with Gasteiger partial charge in [-0.15, -0.1) is 0 Å². The molecule has 2 atom stereocenters. The van der Waals surface area contributed by atoms with E-state index in [-0.39, 0.29) is 12.1 Å². The molecule has 0 aromatic heterocycles. The number of aryl methyl sites for hydroxylation is 1. The maximum atomic E-state index is 11.9. The van der Waals surface area contributed by atoms with Crippen molar-refractivity contribution < 1.29 is 14.6 Å². The number of amides is 2. The summed E-state index contributed by atoms with van der Waals surface area (Å²) in [4.78, 5) is 13.3.